The number of aromatic nitrogens is 4. The Labute approximate surface area is 184 Å². The van der Waals surface area contributed by atoms with E-state index in [4.69, 9.17) is 23.2 Å². The summed E-state index contributed by atoms with van der Waals surface area (Å²) in [6.07, 6.45) is 3.10. The number of nitrogens with zero attached hydrogens (tertiary/aromatic N) is 5. The fourth-order valence-corrected chi connectivity index (χ4v) is 3.52. The molecule has 2 heterocycles. The second-order valence-corrected chi connectivity index (χ2v) is 7.80. The van der Waals surface area contributed by atoms with E-state index in [1.807, 2.05) is 36.4 Å². The van der Waals surface area contributed by atoms with Crippen molar-refractivity contribution in [1.82, 2.24) is 24.8 Å². The SMILES string of the molecule is CN(CCNc1ncnc2cc(Cl)ccc12)CCNc1ncnc2cc(Cl)ccc12. The maximum absolute atomic E-state index is 6.04. The summed E-state index contributed by atoms with van der Waals surface area (Å²) in [5.74, 6) is 1.63. The summed E-state index contributed by atoms with van der Waals surface area (Å²) >= 11 is 12.1. The molecule has 0 aliphatic heterocycles. The van der Waals surface area contributed by atoms with Crippen molar-refractivity contribution >= 4 is 56.6 Å². The molecule has 0 radical (unpaired) electrons. The van der Waals surface area contributed by atoms with Crippen molar-refractivity contribution < 1.29 is 0 Å². The predicted molar refractivity (Wildman–Crippen MR) is 124 cm³/mol. The molecule has 0 bridgehead atoms. The zero-order chi connectivity index (χ0) is 20.9. The first-order chi connectivity index (χ1) is 14.6. The molecule has 0 fully saturated rings. The molecule has 9 heteroatoms. The van der Waals surface area contributed by atoms with Gasteiger partial charge in [0, 0.05) is 47.0 Å². The quantitative estimate of drug-likeness (QED) is 0.420. The first-order valence-electron chi connectivity index (χ1n) is 9.57. The van der Waals surface area contributed by atoms with E-state index >= 15 is 0 Å². The fourth-order valence-electron chi connectivity index (χ4n) is 3.18. The van der Waals surface area contributed by atoms with E-state index in [0.29, 0.717) is 10.0 Å². The molecule has 0 spiro atoms. The zero-order valence-electron chi connectivity index (χ0n) is 16.4. The van der Waals surface area contributed by atoms with Gasteiger partial charge < -0.3 is 15.5 Å². The van der Waals surface area contributed by atoms with Crippen LogP contribution in [0, 0.1) is 0 Å². The largest absolute Gasteiger partial charge is 0.368 e. The maximum Gasteiger partial charge on any atom is 0.137 e. The van der Waals surface area contributed by atoms with Crippen LogP contribution in [0.3, 0.4) is 0 Å². The molecule has 0 saturated carbocycles. The average Bonchev–Trinajstić information content (AvgIpc) is 2.73. The summed E-state index contributed by atoms with van der Waals surface area (Å²) in [5.41, 5.74) is 1.66. The lowest BCUT2D eigenvalue weighted by Crippen LogP contribution is -2.30. The molecule has 0 amide bonds. The van der Waals surface area contributed by atoms with Gasteiger partial charge in [-0.05, 0) is 43.4 Å². The lowest BCUT2D eigenvalue weighted by molar-refractivity contribution is 0.360. The predicted octanol–water partition coefficient (Wildman–Crippen LogP) is 4.34. The minimum Gasteiger partial charge on any atom is -0.368 e. The van der Waals surface area contributed by atoms with Crippen molar-refractivity contribution in [2.24, 2.45) is 0 Å². The van der Waals surface area contributed by atoms with Crippen LogP contribution in [0.4, 0.5) is 11.6 Å². The smallest absolute Gasteiger partial charge is 0.137 e. The lowest BCUT2D eigenvalue weighted by Gasteiger charge is -2.18. The monoisotopic (exact) mass is 441 g/mol. The Morgan fingerprint density at radius 3 is 1.67 bits per heavy atom. The van der Waals surface area contributed by atoms with E-state index < -0.39 is 0 Å². The second-order valence-electron chi connectivity index (χ2n) is 6.92. The maximum atomic E-state index is 6.04. The molecule has 30 heavy (non-hydrogen) atoms. The van der Waals surface area contributed by atoms with E-state index in [1.54, 1.807) is 12.7 Å². The number of benzene rings is 2. The molecule has 4 rings (SSSR count). The molecule has 0 unspecified atom stereocenters. The van der Waals surface area contributed by atoms with Crippen molar-refractivity contribution in [3.8, 4) is 0 Å². The van der Waals surface area contributed by atoms with Gasteiger partial charge in [0.05, 0.1) is 11.0 Å². The number of rotatable bonds is 8. The molecule has 0 saturated heterocycles. The van der Waals surface area contributed by atoms with Crippen molar-refractivity contribution in [3.05, 3.63) is 59.1 Å². The highest BCUT2D eigenvalue weighted by atomic mass is 35.5. The summed E-state index contributed by atoms with van der Waals surface area (Å²) in [7, 11) is 2.08. The van der Waals surface area contributed by atoms with Crippen LogP contribution in [-0.4, -0.2) is 58.1 Å². The van der Waals surface area contributed by atoms with Crippen molar-refractivity contribution in [3.63, 3.8) is 0 Å². The molecule has 0 aliphatic carbocycles. The number of nitrogens with one attached hydrogen (secondary N) is 2. The topological polar surface area (TPSA) is 78.9 Å². The molecule has 7 nitrogen and oxygen atoms in total. The van der Waals surface area contributed by atoms with Gasteiger partial charge in [0.2, 0.25) is 0 Å². The highest BCUT2D eigenvalue weighted by molar-refractivity contribution is 6.31. The number of fused-ring (bicyclic) bond motifs is 2. The molecule has 2 aromatic heterocycles. The van der Waals surface area contributed by atoms with Gasteiger partial charge >= 0.3 is 0 Å². The third kappa shape index (κ3) is 4.87. The average molecular weight is 442 g/mol. The Morgan fingerprint density at radius 2 is 1.20 bits per heavy atom. The first-order valence-corrected chi connectivity index (χ1v) is 10.3. The van der Waals surface area contributed by atoms with E-state index in [9.17, 15) is 0 Å². The Kier molecular flexibility index (Phi) is 6.42. The van der Waals surface area contributed by atoms with Crippen LogP contribution in [0.2, 0.25) is 10.0 Å². The van der Waals surface area contributed by atoms with Crippen molar-refractivity contribution in [2.75, 3.05) is 43.9 Å². The Hall–Kier alpha value is -2.74. The summed E-state index contributed by atoms with van der Waals surface area (Å²) in [6.45, 7) is 3.25. The minimum absolute atomic E-state index is 0.666. The summed E-state index contributed by atoms with van der Waals surface area (Å²) in [4.78, 5) is 19.5. The van der Waals surface area contributed by atoms with Crippen LogP contribution >= 0.6 is 23.2 Å². The van der Waals surface area contributed by atoms with Crippen molar-refractivity contribution in [1.29, 1.82) is 0 Å². The third-order valence-electron chi connectivity index (χ3n) is 4.77. The van der Waals surface area contributed by atoms with Gasteiger partial charge in [-0.25, -0.2) is 19.9 Å². The van der Waals surface area contributed by atoms with Crippen LogP contribution < -0.4 is 10.6 Å². The molecule has 154 valence electrons. The first kappa shape index (κ1) is 20.5. The van der Waals surface area contributed by atoms with Gasteiger partial charge in [0.25, 0.3) is 0 Å². The normalized spacial score (nSPS) is 11.3. The summed E-state index contributed by atoms with van der Waals surface area (Å²) < 4.78 is 0. The molecular weight excluding hydrogens is 421 g/mol. The second kappa shape index (κ2) is 9.38. The van der Waals surface area contributed by atoms with Crippen LogP contribution in [0.1, 0.15) is 0 Å². The third-order valence-corrected chi connectivity index (χ3v) is 5.24. The number of hydrogen-bond donors (Lipinski definition) is 2. The van der Waals surface area contributed by atoms with Gasteiger partial charge in [0.15, 0.2) is 0 Å². The van der Waals surface area contributed by atoms with E-state index in [1.165, 1.54) is 0 Å². The van der Waals surface area contributed by atoms with Gasteiger partial charge in [-0.2, -0.15) is 0 Å². The fraction of sp³-hybridized carbons (Fsp3) is 0.238. The van der Waals surface area contributed by atoms with Crippen molar-refractivity contribution in [2.45, 2.75) is 0 Å². The lowest BCUT2D eigenvalue weighted by atomic mass is 10.2. The number of hydrogen-bond acceptors (Lipinski definition) is 7. The van der Waals surface area contributed by atoms with E-state index in [-0.39, 0.29) is 0 Å². The zero-order valence-corrected chi connectivity index (χ0v) is 18.0. The van der Waals surface area contributed by atoms with Crippen LogP contribution in [0.25, 0.3) is 21.8 Å². The molecular formula is C21H21Cl2N7. The molecule has 0 aliphatic rings. The number of anilines is 2. The van der Waals surface area contributed by atoms with Gasteiger partial charge in [-0.15, -0.1) is 0 Å². The summed E-state index contributed by atoms with van der Waals surface area (Å²) in [5, 5.41) is 10.0. The Morgan fingerprint density at radius 1 is 0.733 bits per heavy atom. The van der Waals surface area contributed by atoms with Crippen LogP contribution in [0.15, 0.2) is 49.1 Å². The number of halogens is 2. The van der Waals surface area contributed by atoms with Gasteiger partial charge in [0.1, 0.15) is 24.3 Å². The Balaban J connectivity index is 1.28. The van der Waals surface area contributed by atoms with Gasteiger partial charge in [-0.1, -0.05) is 23.2 Å². The Bertz CT molecular complexity index is 1080. The summed E-state index contributed by atoms with van der Waals surface area (Å²) in [6, 6.07) is 11.3. The van der Waals surface area contributed by atoms with Gasteiger partial charge in [-0.3, -0.25) is 0 Å². The van der Waals surface area contributed by atoms with E-state index in [0.717, 1.165) is 59.6 Å². The molecule has 2 aromatic carbocycles. The highest BCUT2D eigenvalue weighted by Gasteiger charge is 2.06. The standard InChI is InChI=1S/C21H21Cl2N7/c1-30(8-6-24-20-16-4-2-14(22)10-18(16)26-12-28-20)9-7-25-21-17-5-3-15(23)11-19(17)27-13-29-21/h2-5,10-13H,6-9H2,1H3,(H,24,26,28)(H,25,27,29). The molecule has 0 atom stereocenters. The molecule has 4 aromatic rings. The minimum atomic E-state index is 0.666. The van der Waals surface area contributed by atoms with Crippen LogP contribution in [-0.2, 0) is 0 Å². The van der Waals surface area contributed by atoms with E-state index in [2.05, 4.69) is 42.5 Å². The highest BCUT2D eigenvalue weighted by Crippen LogP contribution is 2.23. The van der Waals surface area contributed by atoms with Crippen LogP contribution in [0.5, 0.6) is 0 Å². The molecule has 2 N–H and O–H groups in total. The number of likely N-dealkylation sites (N-methyl/N-ethyl adjacent to an activating group) is 1.